The maximum Gasteiger partial charge on any atom is 0.110 e. The number of nitrogens with zero attached hydrogens (tertiary/aromatic N) is 2. The molecule has 1 aromatic heterocycles. The Bertz CT molecular complexity index is 317. The molecule has 0 fully saturated rings. The Morgan fingerprint density at radius 2 is 2.44 bits per heavy atom. The van der Waals surface area contributed by atoms with Gasteiger partial charge >= 0.3 is 0 Å². The highest BCUT2D eigenvalue weighted by atomic mass is 35.5. The Kier molecular flexibility index (Phi) is 5.76. The van der Waals surface area contributed by atoms with Gasteiger partial charge in [0.25, 0.3) is 0 Å². The minimum atomic E-state index is -0.646. The smallest absolute Gasteiger partial charge is 0.110 e. The van der Waals surface area contributed by atoms with Crippen molar-refractivity contribution in [2.45, 2.75) is 19.6 Å². The zero-order valence-corrected chi connectivity index (χ0v) is 10.4. The molecular weight excluding hydrogens is 230 g/mol. The molecule has 5 nitrogen and oxygen atoms in total. The maximum atomic E-state index is 9.95. The average Bonchev–Trinajstić information content (AvgIpc) is 2.65. The molecule has 0 aliphatic rings. The fourth-order valence-corrected chi connectivity index (χ4v) is 1.73. The van der Waals surface area contributed by atoms with Gasteiger partial charge in [-0.25, -0.2) is 0 Å². The number of rotatable bonds is 7. The van der Waals surface area contributed by atoms with Crippen LogP contribution in [-0.2, 0) is 11.3 Å². The van der Waals surface area contributed by atoms with Crippen LogP contribution in [0.2, 0.25) is 5.02 Å². The van der Waals surface area contributed by atoms with Crippen molar-refractivity contribution in [3.05, 3.63) is 16.9 Å². The fourth-order valence-electron chi connectivity index (χ4n) is 1.46. The molecule has 1 atom stereocenters. The molecule has 1 unspecified atom stereocenters. The Morgan fingerprint density at radius 1 is 1.69 bits per heavy atom. The van der Waals surface area contributed by atoms with Crippen LogP contribution in [0.4, 0.5) is 0 Å². The van der Waals surface area contributed by atoms with E-state index < -0.39 is 6.10 Å². The number of hydrogen-bond acceptors (Lipinski definition) is 4. The topological polar surface area (TPSA) is 59.3 Å². The van der Waals surface area contributed by atoms with Crippen LogP contribution in [0.15, 0.2) is 6.20 Å². The molecule has 0 saturated carbocycles. The van der Waals surface area contributed by atoms with E-state index in [4.69, 9.17) is 16.3 Å². The summed E-state index contributed by atoms with van der Waals surface area (Å²) in [4.78, 5) is 0. The molecule has 1 aromatic rings. The molecule has 92 valence electrons. The van der Waals surface area contributed by atoms with Gasteiger partial charge in [0.15, 0.2) is 0 Å². The van der Waals surface area contributed by atoms with Crippen LogP contribution < -0.4 is 5.32 Å². The van der Waals surface area contributed by atoms with Crippen molar-refractivity contribution >= 4 is 11.6 Å². The number of hydrogen-bond donors (Lipinski definition) is 2. The predicted molar refractivity (Wildman–Crippen MR) is 62.6 cm³/mol. The van der Waals surface area contributed by atoms with Crippen molar-refractivity contribution in [1.29, 1.82) is 0 Å². The fraction of sp³-hybridized carbons (Fsp3) is 0.700. The molecule has 0 bridgehead atoms. The van der Waals surface area contributed by atoms with E-state index in [-0.39, 0.29) is 0 Å². The SMILES string of the molecule is CCn1ncc(Cl)c1C(O)CNCCOC. The third-order valence-corrected chi connectivity index (χ3v) is 2.56. The number of aliphatic hydroxyl groups excluding tert-OH is 1. The second-order valence-corrected chi connectivity index (χ2v) is 3.81. The Morgan fingerprint density at radius 3 is 3.06 bits per heavy atom. The van der Waals surface area contributed by atoms with E-state index in [1.54, 1.807) is 18.0 Å². The lowest BCUT2D eigenvalue weighted by atomic mass is 10.2. The Hall–Kier alpha value is -0.620. The number of ether oxygens (including phenoxy) is 1. The summed E-state index contributed by atoms with van der Waals surface area (Å²) in [5, 5.41) is 17.6. The van der Waals surface area contributed by atoms with Gasteiger partial charge in [0.1, 0.15) is 6.10 Å². The lowest BCUT2D eigenvalue weighted by Crippen LogP contribution is -2.26. The van der Waals surface area contributed by atoms with Crippen LogP contribution in [-0.4, -0.2) is 41.7 Å². The molecule has 1 rings (SSSR count). The standard InChI is InChI=1S/C10H18ClN3O2/c1-3-14-10(8(11)6-13-14)9(15)7-12-4-5-16-2/h6,9,12,15H,3-5,7H2,1-2H3. The lowest BCUT2D eigenvalue weighted by molar-refractivity contribution is 0.153. The van der Waals surface area contributed by atoms with Crippen LogP contribution in [0.5, 0.6) is 0 Å². The largest absolute Gasteiger partial charge is 0.385 e. The molecule has 2 N–H and O–H groups in total. The third-order valence-electron chi connectivity index (χ3n) is 2.27. The summed E-state index contributed by atoms with van der Waals surface area (Å²) in [5.41, 5.74) is 0.661. The van der Waals surface area contributed by atoms with Gasteiger partial charge in [-0.05, 0) is 6.92 Å². The molecule has 0 radical (unpaired) electrons. The first-order valence-corrected chi connectivity index (χ1v) is 5.67. The van der Waals surface area contributed by atoms with Crippen LogP contribution in [0.25, 0.3) is 0 Å². The van der Waals surface area contributed by atoms with Crippen molar-refractivity contribution in [3.8, 4) is 0 Å². The highest BCUT2D eigenvalue weighted by Crippen LogP contribution is 2.22. The molecule has 16 heavy (non-hydrogen) atoms. The zero-order valence-electron chi connectivity index (χ0n) is 9.61. The van der Waals surface area contributed by atoms with E-state index >= 15 is 0 Å². The number of halogens is 1. The van der Waals surface area contributed by atoms with E-state index in [1.165, 1.54) is 0 Å². The quantitative estimate of drug-likeness (QED) is 0.701. The molecule has 0 amide bonds. The molecule has 0 aliphatic carbocycles. The van der Waals surface area contributed by atoms with Crippen molar-refractivity contribution < 1.29 is 9.84 Å². The molecule has 0 saturated heterocycles. The number of aromatic nitrogens is 2. The number of aliphatic hydroxyl groups is 1. The first-order valence-electron chi connectivity index (χ1n) is 5.29. The van der Waals surface area contributed by atoms with Gasteiger partial charge in [-0.3, -0.25) is 4.68 Å². The lowest BCUT2D eigenvalue weighted by Gasteiger charge is -2.13. The van der Waals surface area contributed by atoms with Gasteiger partial charge in [0.2, 0.25) is 0 Å². The van der Waals surface area contributed by atoms with Crippen molar-refractivity contribution in [2.24, 2.45) is 0 Å². The van der Waals surface area contributed by atoms with E-state index in [1.807, 2.05) is 6.92 Å². The monoisotopic (exact) mass is 247 g/mol. The van der Waals surface area contributed by atoms with Gasteiger partial charge in [-0.15, -0.1) is 0 Å². The number of aryl methyl sites for hydroxylation is 1. The first-order chi connectivity index (χ1) is 7.70. The third kappa shape index (κ3) is 3.45. The van der Waals surface area contributed by atoms with Gasteiger partial charge < -0.3 is 15.2 Å². The van der Waals surface area contributed by atoms with E-state index in [9.17, 15) is 5.11 Å². The second kappa shape index (κ2) is 6.85. The summed E-state index contributed by atoms with van der Waals surface area (Å²) < 4.78 is 6.59. The Balaban J connectivity index is 2.51. The molecule has 6 heteroatoms. The number of nitrogens with one attached hydrogen (secondary N) is 1. The van der Waals surface area contributed by atoms with E-state index in [0.717, 1.165) is 0 Å². The van der Waals surface area contributed by atoms with Crippen molar-refractivity contribution in [2.75, 3.05) is 26.8 Å². The van der Waals surface area contributed by atoms with Gasteiger partial charge in [-0.1, -0.05) is 11.6 Å². The number of methoxy groups -OCH3 is 1. The summed E-state index contributed by atoms with van der Waals surface area (Å²) in [6.45, 7) is 4.41. The van der Waals surface area contributed by atoms with Crippen LogP contribution >= 0.6 is 11.6 Å². The van der Waals surface area contributed by atoms with Crippen molar-refractivity contribution in [1.82, 2.24) is 15.1 Å². The van der Waals surface area contributed by atoms with Crippen LogP contribution in [0.1, 0.15) is 18.7 Å². The molecular formula is C10H18ClN3O2. The van der Waals surface area contributed by atoms with Gasteiger partial charge in [0.05, 0.1) is 23.5 Å². The summed E-state index contributed by atoms with van der Waals surface area (Å²) in [5.74, 6) is 0. The average molecular weight is 248 g/mol. The predicted octanol–water partition coefficient (Wildman–Crippen LogP) is 0.826. The van der Waals surface area contributed by atoms with Gasteiger partial charge in [0, 0.05) is 26.7 Å². The summed E-state index contributed by atoms with van der Waals surface area (Å²) in [7, 11) is 1.64. The second-order valence-electron chi connectivity index (χ2n) is 3.41. The first kappa shape index (κ1) is 13.4. The molecule has 0 aromatic carbocycles. The van der Waals surface area contributed by atoms with Gasteiger partial charge in [-0.2, -0.15) is 5.10 Å². The normalized spacial score (nSPS) is 13.0. The highest BCUT2D eigenvalue weighted by molar-refractivity contribution is 6.31. The summed E-state index contributed by atoms with van der Waals surface area (Å²) in [6, 6.07) is 0. The molecule has 0 spiro atoms. The Labute approximate surface area is 100 Å². The van der Waals surface area contributed by atoms with E-state index in [2.05, 4.69) is 10.4 Å². The molecule has 0 aliphatic heterocycles. The van der Waals surface area contributed by atoms with Crippen molar-refractivity contribution in [3.63, 3.8) is 0 Å². The minimum Gasteiger partial charge on any atom is -0.385 e. The minimum absolute atomic E-state index is 0.439. The van der Waals surface area contributed by atoms with Crippen LogP contribution in [0, 0.1) is 0 Å². The van der Waals surface area contributed by atoms with Crippen LogP contribution in [0.3, 0.4) is 0 Å². The highest BCUT2D eigenvalue weighted by Gasteiger charge is 2.16. The maximum absolute atomic E-state index is 9.95. The molecule has 1 heterocycles. The summed E-state index contributed by atoms with van der Waals surface area (Å²) >= 11 is 5.96. The van der Waals surface area contributed by atoms with E-state index in [0.29, 0.717) is 37.0 Å². The zero-order chi connectivity index (χ0) is 12.0. The summed E-state index contributed by atoms with van der Waals surface area (Å²) in [6.07, 6.45) is 0.908.